The van der Waals surface area contributed by atoms with Crippen molar-refractivity contribution in [2.24, 2.45) is 11.7 Å². The van der Waals surface area contributed by atoms with Gasteiger partial charge in [-0.15, -0.1) is 0 Å². The number of pyridine rings is 1. The molecule has 2 aliphatic heterocycles. The zero-order chi connectivity index (χ0) is 22.8. The van der Waals surface area contributed by atoms with Gasteiger partial charge in [-0.2, -0.15) is 0 Å². The van der Waals surface area contributed by atoms with E-state index in [0.29, 0.717) is 41.7 Å². The average Bonchev–Trinajstić information content (AvgIpc) is 3.04. The molecule has 168 valence electrons. The number of primary amides is 1. The third kappa shape index (κ3) is 4.52. The molecule has 6 nitrogen and oxygen atoms in total. The summed E-state index contributed by atoms with van der Waals surface area (Å²) in [6.45, 7) is 6.22. The number of hydrogen-bond donors (Lipinski definition) is 1. The van der Waals surface area contributed by atoms with Crippen LogP contribution in [-0.4, -0.2) is 45.7 Å². The molecule has 0 saturated carbocycles. The minimum absolute atomic E-state index is 0.0313. The minimum atomic E-state index is -0.233. The number of piperidine rings is 1. The lowest BCUT2D eigenvalue weighted by atomic mass is 9.96. The van der Waals surface area contributed by atoms with Gasteiger partial charge in [0.1, 0.15) is 10.1 Å². The van der Waals surface area contributed by atoms with Crippen molar-refractivity contribution in [2.45, 2.75) is 39.5 Å². The summed E-state index contributed by atoms with van der Waals surface area (Å²) in [7, 11) is 0. The number of benzene rings is 1. The highest BCUT2D eigenvalue weighted by molar-refractivity contribution is 8.26. The molecule has 0 spiro atoms. The summed E-state index contributed by atoms with van der Waals surface area (Å²) in [5.74, 6) is 0.486. The Morgan fingerprint density at radius 3 is 2.78 bits per heavy atom. The number of unbranched alkanes of at least 4 members (excludes halogenated alkanes) is 1. The summed E-state index contributed by atoms with van der Waals surface area (Å²) in [5.41, 5.74) is 8.48. The number of aromatic nitrogens is 1. The quantitative estimate of drug-likeness (QED) is 0.504. The molecule has 2 aliphatic rings. The van der Waals surface area contributed by atoms with Crippen LogP contribution < -0.4 is 10.6 Å². The number of nitrogens with two attached hydrogens (primary N) is 1. The second-order valence-electron chi connectivity index (χ2n) is 8.40. The van der Waals surface area contributed by atoms with Crippen molar-refractivity contribution in [1.82, 2.24) is 9.88 Å². The van der Waals surface area contributed by atoms with E-state index < -0.39 is 0 Å². The number of amides is 2. The first-order valence-corrected chi connectivity index (χ1v) is 12.3. The largest absolute Gasteiger partial charge is 0.369 e. The lowest BCUT2D eigenvalue weighted by Crippen LogP contribution is -2.39. The van der Waals surface area contributed by atoms with Crippen molar-refractivity contribution >= 4 is 62.9 Å². The van der Waals surface area contributed by atoms with E-state index in [9.17, 15) is 9.59 Å². The Morgan fingerprint density at radius 1 is 1.34 bits per heavy atom. The Balaban J connectivity index is 1.73. The van der Waals surface area contributed by atoms with E-state index in [0.717, 1.165) is 40.7 Å². The maximum Gasteiger partial charge on any atom is 0.266 e. The number of hydrogen-bond acceptors (Lipinski definition) is 6. The van der Waals surface area contributed by atoms with Crippen LogP contribution in [0.2, 0.25) is 0 Å². The number of aryl methyl sites for hydroxylation is 1. The SMILES string of the molecule is CCCCN1C(=O)/C(=C/c2cc3cccc(C)c3nc2N2CCC(C(N)=O)CC2)SC1=S. The van der Waals surface area contributed by atoms with Crippen molar-refractivity contribution in [1.29, 1.82) is 0 Å². The summed E-state index contributed by atoms with van der Waals surface area (Å²) in [4.78, 5) is 34.2. The van der Waals surface area contributed by atoms with E-state index in [-0.39, 0.29) is 17.7 Å². The molecule has 0 aliphatic carbocycles. The van der Waals surface area contributed by atoms with Crippen LogP contribution in [0, 0.1) is 12.8 Å². The van der Waals surface area contributed by atoms with Crippen LogP contribution in [0.15, 0.2) is 29.2 Å². The first kappa shape index (κ1) is 22.7. The standard InChI is InChI=1S/C24H28N4O2S2/c1-3-4-10-28-23(30)19(32-24(28)31)14-18-13-17-7-5-6-15(2)20(17)26-22(18)27-11-8-16(9-12-27)21(25)29/h5-7,13-14,16H,3-4,8-12H2,1-2H3,(H2,25,29)/b19-14-. The van der Waals surface area contributed by atoms with Gasteiger partial charge in [-0.25, -0.2) is 4.98 Å². The van der Waals surface area contributed by atoms with E-state index in [1.165, 1.54) is 11.8 Å². The fourth-order valence-corrected chi connectivity index (χ4v) is 5.54. The van der Waals surface area contributed by atoms with Gasteiger partial charge in [0, 0.05) is 36.5 Å². The van der Waals surface area contributed by atoms with E-state index in [2.05, 4.69) is 30.9 Å². The summed E-state index contributed by atoms with van der Waals surface area (Å²) in [6, 6.07) is 8.22. The molecule has 0 unspecified atom stereocenters. The summed E-state index contributed by atoms with van der Waals surface area (Å²) in [5, 5.41) is 1.04. The molecule has 8 heteroatoms. The zero-order valence-electron chi connectivity index (χ0n) is 18.5. The molecule has 4 rings (SSSR count). The maximum atomic E-state index is 13.0. The van der Waals surface area contributed by atoms with Crippen LogP contribution in [0.1, 0.15) is 43.7 Å². The van der Waals surface area contributed by atoms with Gasteiger partial charge in [0.05, 0.1) is 10.4 Å². The summed E-state index contributed by atoms with van der Waals surface area (Å²) >= 11 is 6.83. The Morgan fingerprint density at radius 2 is 2.09 bits per heavy atom. The molecule has 2 saturated heterocycles. The first-order valence-electron chi connectivity index (χ1n) is 11.1. The molecule has 2 fully saturated rings. The van der Waals surface area contributed by atoms with Crippen molar-refractivity contribution in [3.8, 4) is 0 Å². The van der Waals surface area contributed by atoms with Gasteiger partial charge < -0.3 is 10.6 Å². The second kappa shape index (κ2) is 9.58. The monoisotopic (exact) mass is 468 g/mol. The second-order valence-corrected chi connectivity index (χ2v) is 10.1. The van der Waals surface area contributed by atoms with Gasteiger partial charge in [-0.1, -0.05) is 55.5 Å². The molecule has 0 atom stereocenters. The molecule has 0 bridgehead atoms. The van der Waals surface area contributed by atoms with Gasteiger partial charge in [-0.05, 0) is 43.9 Å². The fraction of sp³-hybridized carbons (Fsp3) is 0.417. The Labute approximate surface area is 198 Å². The number of anilines is 1. The number of carbonyl (C=O) groups excluding carboxylic acids is 2. The van der Waals surface area contributed by atoms with E-state index in [4.69, 9.17) is 22.9 Å². The number of nitrogens with zero attached hydrogens (tertiary/aromatic N) is 3. The van der Waals surface area contributed by atoms with Crippen LogP contribution in [0.4, 0.5) is 5.82 Å². The summed E-state index contributed by atoms with van der Waals surface area (Å²) in [6.07, 6.45) is 5.28. The molecule has 3 heterocycles. The Bertz CT molecular complexity index is 1110. The number of rotatable bonds is 6. The molecule has 0 radical (unpaired) electrons. The normalized spacial score (nSPS) is 18.9. The lowest BCUT2D eigenvalue weighted by molar-refractivity contribution is -0.123. The topological polar surface area (TPSA) is 79.5 Å². The van der Waals surface area contributed by atoms with Crippen LogP contribution in [0.5, 0.6) is 0 Å². The van der Waals surface area contributed by atoms with Gasteiger partial charge >= 0.3 is 0 Å². The highest BCUT2D eigenvalue weighted by Gasteiger charge is 2.32. The van der Waals surface area contributed by atoms with E-state index >= 15 is 0 Å². The van der Waals surface area contributed by atoms with Gasteiger partial charge in [0.15, 0.2) is 0 Å². The van der Waals surface area contributed by atoms with Crippen LogP contribution >= 0.6 is 24.0 Å². The Kier molecular flexibility index (Phi) is 6.81. The molecule has 2 aromatic rings. The van der Waals surface area contributed by atoms with E-state index in [1.807, 2.05) is 18.2 Å². The van der Waals surface area contributed by atoms with Gasteiger partial charge in [-0.3, -0.25) is 14.5 Å². The predicted molar refractivity (Wildman–Crippen MR) is 135 cm³/mol. The molecule has 2 N–H and O–H groups in total. The number of thioether (sulfide) groups is 1. The molecule has 1 aromatic heterocycles. The summed E-state index contributed by atoms with van der Waals surface area (Å²) < 4.78 is 0.614. The molecule has 2 amide bonds. The molecule has 32 heavy (non-hydrogen) atoms. The van der Waals surface area contributed by atoms with Gasteiger partial charge in [0.2, 0.25) is 5.91 Å². The van der Waals surface area contributed by atoms with Crippen molar-refractivity contribution in [3.63, 3.8) is 0 Å². The third-order valence-electron chi connectivity index (χ3n) is 6.15. The highest BCUT2D eigenvalue weighted by Crippen LogP contribution is 2.36. The van der Waals surface area contributed by atoms with E-state index in [1.54, 1.807) is 4.90 Å². The maximum absolute atomic E-state index is 13.0. The third-order valence-corrected chi connectivity index (χ3v) is 7.53. The van der Waals surface area contributed by atoms with Crippen molar-refractivity contribution in [3.05, 3.63) is 40.3 Å². The highest BCUT2D eigenvalue weighted by atomic mass is 32.2. The Hall–Kier alpha value is -2.45. The number of thiocarbonyl (C=S) groups is 1. The average molecular weight is 469 g/mol. The molecular formula is C24H28N4O2S2. The van der Waals surface area contributed by atoms with Crippen LogP contribution in [0.3, 0.4) is 0 Å². The minimum Gasteiger partial charge on any atom is -0.369 e. The van der Waals surface area contributed by atoms with Crippen molar-refractivity contribution in [2.75, 3.05) is 24.5 Å². The van der Waals surface area contributed by atoms with Crippen LogP contribution in [0.25, 0.3) is 17.0 Å². The zero-order valence-corrected chi connectivity index (χ0v) is 20.1. The molecule has 1 aromatic carbocycles. The van der Waals surface area contributed by atoms with Crippen molar-refractivity contribution < 1.29 is 9.59 Å². The first-order chi connectivity index (χ1) is 15.4. The number of carbonyl (C=O) groups is 2. The predicted octanol–water partition coefficient (Wildman–Crippen LogP) is 4.25. The number of para-hydroxylation sites is 1. The fourth-order valence-electron chi connectivity index (χ4n) is 4.24. The van der Waals surface area contributed by atoms with Gasteiger partial charge in [0.25, 0.3) is 5.91 Å². The van der Waals surface area contributed by atoms with Crippen LogP contribution in [-0.2, 0) is 9.59 Å². The lowest BCUT2D eigenvalue weighted by Gasteiger charge is -2.32. The number of fused-ring (bicyclic) bond motifs is 1. The molecular weight excluding hydrogens is 440 g/mol. The smallest absolute Gasteiger partial charge is 0.266 e.